The highest BCUT2D eigenvalue weighted by atomic mass is 35.5. The molecular formula is C4H3ClN2S2. The lowest BCUT2D eigenvalue weighted by Gasteiger charge is -1.91. The molecule has 0 aliphatic carbocycles. The molecule has 0 atom stereocenters. The first-order valence-electron chi connectivity index (χ1n) is 2.14. The van der Waals surface area contributed by atoms with Crippen molar-refractivity contribution >= 4 is 36.4 Å². The number of nitrogens with zero attached hydrogens (tertiary/aromatic N) is 1. The summed E-state index contributed by atoms with van der Waals surface area (Å²) in [5.41, 5.74) is 0. The van der Waals surface area contributed by atoms with Crippen LogP contribution in [0.5, 0.6) is 0 Å². The molecule has 0 aliphatic rings. The van der Waals surface area contributed by atoms with E-state index < -0.39 is 0 Å². The van der Waals surface area contributed by atoms with E-state index in [1.54, 1.807) is 0 Å². The average molecular weight is 179 g/mol. The second kappa shape index (κ2) is 2.68. The van der Waals surface area contributed by atoms with Gasteiger partial charge in [0, 0.05) is 4.90 Å². The van der Waals surface area contributed by atoms with Gasteiger partial charge in [-0.1, -0.05) is 23.8 Å². The van der Waals surface area contributed by atoms with Gasteiger partial charge in [0.15, 0.2) is 0 Å². The van der Waals surface area contributed by atoms with Crippen molar-refractivity contribution in [2.75, 3.05) is 0 Å². The SMILES string of the molecule is S=c1[nH]ncc(S)c1Cl. The second-order valence-electron chi connectivity index (χ2n) is 1.40. The van der Waals surface area contributed by atoms with Crippen molar-refractivity contribution in [3.63, 3.8) is 0 Å². The lowest BCUT2D eigenvalue weighted by Crippen LogP contribution is -1.81. The molecule has 0 aliphatic heterocycles. The predicted octanol–water partition coefficient (Wildman–Crippen LogP) is 2.08. The molecule has 2 nitrogen and oxygen atoms in total. The fourth-order valence-electron chi connectivity index (χ4n) is 0.374. The third-order valence-corrected chi connectivity index (χ3v) is 2.05. The summed E-state index contributed by atoms with van der Waals surface area (Å²) in [6.45, 7) is 0. The van der Waals surface area contributed by atoms with Gasteiger partial charge in [0.2, 0.25) is 0 Å². The van der Waals surface area contributed by atoms with E-state index in [-0.39, 0.29) is 0 Å². The Labute approximate surface area is 67.7 Å². The fourth-order valence-corrected chi connectivity index (χ4v) is 0.873. The standard InChI is InChI=1S/C4H3ClN2S2/c5-3-2(8)1-6-7-4(3)9/h1H,(H2,7,8,9). The van der Waals surface area contributed by atoms with Crippen molar-refractivity contribution in [3.8, 4) is 0 Å². The van der Waals surface area contributed by atoms with Crippen molar-refractivity contribution in [1.82, 2.24) is 10.2 Å². The third kappa shape index (κ3) is 1.44. The summed E-state index contributed by atoms with van der Waals surface area (Å²) in [6.07, 6.45) is 1.50. The number of thiol groups is 1. The number of nitrogens with one attached hydrogen (secondary N) is 1. The van der Waals surface area contributed by atoms with Gasteiger partial charge < -0.3 is 0 Å². The Hall–Kier alpha value is -0.0600. The Morgan fingerprint density at radius 1 is 1.78 bits per heavy atom. The number of aromatic amines is 1. The van der Waals surface area contributed by atoms with Crippen molar-refractivity contribution < 1.29 is 0 Å². The summed E-state index contributed by atoms with van der Waals surface area (Å²) in [7, 11) is 0. The summed E-state index contributed by atoms with van der Waals surface area (Å²) in [4.78, 5) is 0.598. The first-order valence-corrected chi connectivity index (χ1v) is 3.37. The molecule has 0 bridgehead atoms. The zero-order valence-corrected chi connectivity index (χ0v) is 6.72. The van der Waals surface area contributed by atoms with E-state index in [2.05, 4.69) is 22.8 Å². The van der Waals surface area contributed by atoms with Gasteiger partial charge in [0.1, 0.15) is 4.64 Å². The molecule has 9 heavy (non-hydrogen) atoms. The maximum atomic E-state index is 5.63. The first kappa shape index (κ1) is 7.05. The number of hydrogen-bond acceptors (Lipinski definition) is 3. The van der Waals surface area contributed by atoms with Crippen LogP contribution in [0, 0.1) is 4.64 Å². The second-order valence-corrected chi connectivity index (χ2v) is 2.67. The van der Waals surface area contributed by atoms with Gasteiger partial charge >= 0.3 is 0 Å². The Bertz CT molecular complexity index is 270. The average Bonchev–Trinajstić information content (AvgIpc) is 1.83. The quantitative estimate of drug-likeness (QED) is 0.471. The van der Waals surface area contributed by atoms with Crippen molar-refractivity contribution in [1.29, 1.82) is 0 Å². The molecule has 1 rings (SSSR count). The smallest absolute Gasteiger partial charge is 0.139 e. The van der Waals surface area contributed by atoms with Crippen molar-refractivity contribution in [2.45, 2.75) is 4.90 Å². The molecule has 0 radical (unpaired) electrons. The number of H-pyrrole nitrogens is 1. The van der Waals surface area contributed by atoms with Gasteiger partial charge in [-0.15, -0.1) is 12.6 Å². The molecular weight excluding hydrogens is 176 g/mol. The van der Waals surface area contributed by atoms with Crippen LogP contribution >= 0.6 is 36.4 Å². The molecule has 0 fully saturated rings. The van der Waals surface area contributed by atoms with Gasteiger partial charge in [0.25, 0.3) is 0 Å². The van der Waals surface area contributed by atoms with Crippen LogP contribution in [0.1, 0.15) is 0 Å². The highest BCUT2D eigenvalue weighted by molar-refractivity contribution is 7.80. The summed E-state index contributed by atoms with van der Waals surface area (Å²) >= 11 is 14.4. The Balaban J connectivity index is 3.43. The molecule has 0 saturated carbocycles. The first-order chi connectivity index (χ1) is 4.22. The van der Waals surface area contributed by atoms with Gasteiger partial charge in [0.05, 0.1) is 11.2 Å². The molecule has 1 aromatic heterocycles. The summed E-state index contributed by atoms with van der Waals surface area (Å²) in [5.74, 6) is 0. The number of hydrogen-bond donors (Lipinski definition) is 2. The number of rotatable bonds is 0. The van der Waals surface area contributed by atoms with E-state index >= 15 is 0 Å². The molecule has 48 valence electrons. The van der Waals surface area contributed by atoms with Gasteiger partial charge in [-0.25, -0.2) is 0 Å². The minimum absolute atomic E-state index is 0.421. The monoisotopic (exact) mass is 178 g/mol. The Kier molecular flexibility index (Phi) is 2.10. The predicted molar refractivity (Wildman–Crippen MR) is 41.7 cm³/mol. The van der Waals surface area contributed by atoms with Crippen molar-refractivity contribution in [3.05, 3.63) is 15.9 Å². The van der Waals surface area contributed by atoms with Gasteiger partial charge in [-0.2, -0.15) is 5.10 Å². The zero-order chi connectivity index (χ0) is 6.85. The Morgan fingerprint density at radius 3 is 2.89 bits per heavy atom. The van der Waals surface area contributed by atoms with Crippen LogP contribution in [-0.4, -0.2) is 10.2 Å². The third-order valence-electron chi connectivity index (χ3n) is 0.777. The number of halogens is 1. The fraction of sp³-hybridized carbons (Fsp3) is 0. The maximum Gasteiger partial charge on any atom is 0.139 e. The lowest BCUT2D eigenvalue weighted by atomic mass is 10.6. The topological polar surface area (TPSA) is 28.7 Å². The molecule has 0 saturated heterocycles. The highest BCUT2D eigenvalue weighted by Gasteiger charge is 1.94. The summed E-state index contributed by atoms with van der Waals surface area (Å²) in [6, 6.07) is 0. The van der Waals surface area contributed by atoms with E-state index in [1.807, 2.05) is 0 Å². The molecule has 1 aromatic rings. The highest BCUT2D eigenvalue weighted by Crippen LogP contribution is 2.17. The molecule has 0 unspecified atom stereocenters. The van der Waals surface area contributed by atoms with E-state index in [0.29, 0.717) is 14.6 Å². The molecule has 0 amide bonds. The summed E-state index contributed by atoms with van der Waals surface area (Å²) < 4.78 is 0.421. The van der Waals surface area contributed by atoms with E-state index in [4.69, 9.17) is 23.8 Å². The van der Waals surface area contributed by atoms with E-state index in [9.17, 15) is 0 Å². The van der Waals surface area contributed by atoms with Crippen LogP contribution in [0.3, 0.4) is 0 Å². The molecule has 0 aromatic carbocycles. The molecule has 1 N–H and O–H groups in total. The summed E-state index contributed by atoms with van der Waals surface area (Å²) in [5, 5.41) is 6.63. The van der Waals surface area contributed by atoms with E-state index in [0.717, 1.165) is 0 Å². The van der Waals surface area contributed by atoms with Gasteiger partial charge in [-0.05, 0) is 0 Å². The van der Waals surface area contributed by atoms with Crippen LogP contribution in [0.25, 0.3) is 0 Å². The van der Waals surface area contributed by atoms with Crippen molar-refractivity contribution in [2.24, 2.45) is 0 Å². The lowest BCUT2D eigenvalue weighted by molar-refractivity contribution is 0.984. The molecule has 1 heterocycles. The van der Waals surface area contributed by atoms with Crippen LogP contribution in [-0.2, 0) is 0 Å². The largest absolute Gasteiger partial charge is 0.266 e. The van der Waals surface area contributed by atoms with Gasteiger partial charge in [-0.3, -0.25) is 5.10 Å². The molecule has 5 heteroatoms. The molecule has 0 spiro atoms. The van der Waals surface area contributed by atoms with Crippen LogP contribution in [0.15, 0.2) is 11.1 Å². The maximum absolute atomic E-state index is 5.63. The van der Waals surface area contributed by atoms with Crippen LogP contribution in [0.2, 0.25) is 5.02 Å². The van der Waals surface area contributed by atoms with E-state index in [1.165, 1.54) is 6.20 Å². The van der Waals surface area contributed by atoms with Crippen LogP contribution in [0.4, 0.5) is 0 Å². The minimum Gasteiger partial charge on any atom is -0.266 e. The van der Waals surface area contributed by atoms with Crippen LogP contribution < -0.4 is 0 Å². The zero-order valence-electron chi connectivity index (χ0n) is 4.26. The normalized spacial score (nSPS) is 9.56. The number of aromatic nitrogens is 2. The Morgan fingerprint density at radius 2 is 2.44 bits per heavy atom. The minimum atomic E-state index is 0.421.